The van der Waals surface area contributed by atoms with Crippen molar-refractivity contribution in [2.45, 2.75) is 38.5 Å². The summed E-state index contributed by atoms with van der Waals surface area (Å²) in [7, 11) is 0. The molecule has 1 aliphatic heterocycles. The van der Waals surface area contributed by atoms with Gasteiger partial charge in [0.25, 0.3) is 5.91 Å². The molecule has 0 bridgehead atoms. The molecule has 0 spiro atoms. The van der Waals surface area contributed by atoms with Crippen molar-refractivity contribution in [3.8, 4) is 0 Å². The molecule has 2 amide bonds. The van der Waals surface area contributed by atoms with Crippen LogP contribution in [-0.4, -0.2) is 34.9 Å². The summed E-state index contributed by atoms with van der Waals surface area (Å²) in [4.78, 5) is 26.7. The fourth-order valence-electron chi connectivity index (χ4n) is 3.41. The molecule has 152 valence electrons. The standard InChI is InChI=1S/C23H27N3O2S/c27-21(15-10-18-8-4-3-5-9-18)25-23(29)24-20-13-11-19(12-14-20)22(28)26-16-6-1-2-7-17-26/h3-5,8-9,11-14H,1-2,6-7,10,15-17H2,(H2,24,25,27,29). The number of nitrogens with zero attached hydrogens (tertiary/aromatic N) is 1. The Morgan fingerprint density at radius 1 is 0.897 bits per heavy atom. The Kier molecular flexibility index (Phi) is 7.76. The smallest absolute Gasteiger partial charge is 0.253 e. The minimum atomic E-state index is -0.126. The Bertz CT molecular complexity index is 829. The van der Waals surface area contributed by atoms with E-state index in [9.17, 15) is 9.59 Å². The van der Waals surface area contributed by atoms with Crippen LogP contribution in [0.2, 0.25) is 0 Å². The van der Waals surface area contributed by atoms with Crippen LogP contribution in [0.5, 0.6) is 0 Å². The van der Waals surface area contributed by atoms with Crippen molar-refractivity contribution in [3.05, 3.63) is 65.7 Å². The van der Waals surface area contributed by atoms with Gasteiger partial charge in [-0.1, -0.05) is 43.2 Å². The topological polar surface area (TPSA) is 61.4 Å². The fourth-order valence-corrected chi connectivity index (χ4v) is 3.64. The first-order valence-electron chi connectivity index (χ1n) is 10.2. The van der Waals surface area contributed by atoms with E-state index in [1.807, 2.05) is 47.4 Å². The molecule has 0 aliphatic carbocycles. The van der Waals surface area contributed by atoms with E-state index < -0.39 is 0 Å². The van der Waals surface area contributed by atoms with E-state index in [1.165, 1.54) is 12.8 Å². The van der Waals surface area contributed by atoms with Crippen molar-refractivity contribution >= 4 is 34.8 Å². The van der Waals surface area contributed by atoms with Crippen LogP contribution in [0.1, 0.15) is 48.0 Å². The van der Waals surface area contributed by atoms with Crippen LogP contribution in [0.4, 0.5) is 5.69 Å². The quantitative estimate of drug-likeness (QED) is 0.729. The van der Waals surface area contributed by atoms with Gasteiger partial charge in [-0.15, -0.1) is 0 Å². The molecule has 2 aromatic rings. The highest BCUT2D eigenvalue weighted by Crippen LogP contribution is 2.15. The van der Waals surface area contributed by atoms with E-state index in [2.05, 4.69) is 10.6 Å². The van der Waals surface area contributed by atoms with Gasteiger partial charge >= 0.3 is 0 Å². The average molecular weight is 410 g/mol. The molecule has 0 aromatic heterocycles. The van der Waals surface area contributed by atoms with Crippen molar-refractivity contribution in [1.29, 1.82) is 0 Å². The monoisotopic (exact) mass is 409 g/mol. The maximum Gasteiger partial charge on any atom is 0.253 e. The van der Waals surface area contributed by atoms with E-state index in [4.69, 9.17) is 12.2 Å². The molecule has 2 aromatic carbocycles. The van der Waals surface area contributed by atoms with E-state index in [1.54, 1.807) is 12.1 Å². The van der Waals surface area contributed by atoms with Gasteiger partial charge in [-0.2, -0.15) is 0 Å². The highest BCUT2D eigenvalue weighted by atomic mass is 32.1. The molecule has 0 unspecified atom stereocenters. The molecule has 3 rings (SSSR count). The van der Waals surface area contributed by atoms with Gasteiger partial charge in [-0.3, -0.25) is 9.59 Å². The molecule has 2 N–H and O–H groups in total. The summed E-state index contributed by atoms with van der Waals surface area (Å²) in [6.07, 6.45) is 5.58. The Hall–Kier alpha value is -2.73. The minimum absolute atomic E-state index is 0.0789. The van der Waals surface area contributed by atoms with Gasteiger partial charge < -0.3 is 15.5 Å². The highest BCUT2D eigenvalue weighted by molar-refractivity contribution is 7.80. The zero-order valence-corrected chi connectivity index (χ0v) is 17.3. The van der Waals surface area contributed by atoms with Crippen molar-refractivity contribution in [1.82, 2.24) is 10.2 Å². The Balaban J connectivity index is 1.46. The van der Waals surface area contributed by atoms with Crippen LogP contribution in [0.25, 0.3) is 0 Å². The van der Waals surface area contributed by atoms with E-state index in [-0.39, 0.29) is 16.9 Å². The number of aryl methyl sites for hydroxylation is 1. The van der Waals surface area contributed by atoms with Crippen LogP contribution in [-0.2, 0) is 11.2 Å². The number of rotatable bonds is 5. The lowest BCUT2D eigenvalue weighted by molar-refractivity contribution is -0.119. The van der Waals surface area contributed by atoms with Crippen molar-refractivity contribution in [3.63, 3.8) is 0 Å². The number of thiocarbonyl (C=S) groups is 1. The summed E-state index contributed by atoms with van der Waals surface area (Å²) in [5.41, 5.74) is 2.53. The zero-order chi connectivity index (χ0) is 20.5. The number of hydrogen-bond donors (Lipinski definition) is 2. The second kappa shape index (κ2) is 10.7. The van der Waals surface area contributed by atoms with Crippen molar-refractivity contribution in [2.75, 3.05) is 18.4 Å². The lowest BCUT2D eigenvalue weighted by Crippen LogP contribution is -2.34. The number of hydrogen-bond acceptors (Lipinski definition) is 3. The predicted molar refractivity (Wildman–Crippen MR) is 120 cm³/mol. The molecule has 0 radical (unpaired) electrons. The van der Waals surface area contributed by atoms with E-state index >= 15 is 0 Å². The van der Waals surface area contributed by atoms with Gasteiger partial charge in [0.05, 0.1) is 0 Å². The lowest BCUT2D eigenvalue weighted by atomic mass is 10.1. The molecule has 6 heteroatoms. The summed E-state index contributed by atoms with van der Waals surface area (Å²) in [6, 6.07) is 17.1. The van der Waals surface area contributed by atoms with Crippen LogP contribution in [0.3, 0.4) is 0 Å². The van der Waals surface area contributed by atoms with E-state index in [0.29, 0.717) is 18.4 Å². The van der Waals surface area contributed by atoms with Gasteiger partial charge in [0, 0.05) is 30.8 Å². The molecule has 1 aliphatic rings. The fraction of sp³-hybridized carbons (Fsp3) is 0.348. The summed E-state index contributed by atoms with van der Waals surface area (Å²) in [5.74, 6) is -0.0467. The van der Waals surface area contributed by atoms with Gasteiger partial charge in [0.15, 0.2) is 5.11 Å². The Morgan fingerprint density at radius 2 is 1.55 bits per heavy atom. The molecule has 0 atom stereocenters. The molecular formula is C23H27N3O2S. The van der Waals surface area contributed by atoms with Gasteiger partial charge in [-0.05, 0) is 61.3 Å². The van der Waals surface area contributed by atoms with Gasteiger partial charge in [0.2, 0.25) is 5.91 Å². The molecule has 1 heterocycles. The second-order valence-electron chi connectivity index (χ2n) is 7.27. The van der Waals surface area contributed by atoms with Crippen LogP contribution in [0, 0.1) is 0 Å². The lowest BCUT2D eigenvalue weighted by Gasteiger charge is -2.20. The maximum atomic E-state index is 12.6. The van der Waals surface area contributed by atoms with Crippen LogP contribution >= 0.6 is 12.2 Å². The third-order valence-corrected chi connectivity index (χ3v) is 5.22. The largest absolute Gasteiger partial charge is 0.339 e. The Morgan fingerprint density at radius 3 is 2.21 bits per heavy atom. The molecule has 29 heavy (non-hydrogen) atoms. The third-order valence-electron chi connectivity index (χ3n) is 5.02. The summed E-state index contributed by atoms with van der Waals surface area (Å²) < 4.78 is 0. The molecule has 1 saturated heterocycles. The first-order chi connectivity index (χ1) is 14.1. The number of benzene rings is 2. The van der Waals surface area contributed by atoms with E-state index in [0.717, 1.165) is 37.2 Å². The number of anilines is 1. The van der Waals surface area contributed by atoms with Crippen molar-refractivity contribution < 1.29 is 9.59 Å². The number of carbonyl (C=O) groups is 2. The molecule has 1 fully saturated rings. The first kappa shape index (κ1) is 21.0. The van der Waals surface area contributed by atoms with Gasteiger partial charge in [0.1, 0.15) is 0 Å². The predicted octanol–water partition coefficient (Wildman–Crippen LogP) is 4.15. The SMILES string of the molecule is O=C(CCc1ccccc1)NC(=S)Nc1ccc(C(=O)N2CCCCCC2)cc1. The summed E-state index contributed by atoms with van der Waals surface area (Å²) >= 11 is 5.23. The number of carbonyl (C=O) groups excluding carboxylic acids is 2. The van der Waals surface area contributed by atoms with Crippen LogP contribution < -0.4 is 10.6 Å². The zero-order valence-electron chi connectivity index (χ0n) is 16.5. The van der Waals surface area contributed by atoms with Gasteiger partial charge in [-0.25, -0.2) is 0 Å². The summed E-state index contributed by atoms with van der Waals surface area (Å²) in [5, 5.41) is 5.96. The Labute approximate surface area is 177 Å². The number of nitrogens with one attached hydrogen (secondary N) is 2. The maximum absolute atomic E-state index is 12.6. The number of amides is 2. The number of likely N-dealkylation sites (tertiary alicyclic amines) is 1. The third kappa shape index (κ3) is 6.68. The first-order valence-corrected chi connectivity index (χ1v) is 10.6. The van der Waals surface area contributed by atoms with Crippen molar-refractivity contribution in [2.24, 2.45) is 0 Å². The molecule has 5 nitrogen and oxygen atoms in total. The molecular weight excluding hydrogens is 382 g/mol. The normalized spacial score (nSPS) is 14.0. The highest BCUT2D eigenvalue weighted by Gasteiger charge is 2.17. The summed E-state index contributed by atoms with van der Waals surface area (Å²) in [6.45, 7) is 1.66. The van der Waals surface area contributed by atoms with Crippen LogP contribution in [0.15, 0.2) is 54.6 Å². The minimum Gasteiger partial charge on any atom is -0.339 e. The molecule has 0 saturated carbocycles. The average Bonchev–Trinajstić information content (AvgIpc) is 3.02. The second-order valence-corrected chi connectivity index (χ2v) is 7.68.